The highest BCUT2D eigenvalue weighted by molar-refractivity contribution is 5.96. The molecule has 0 spiro atoms. The molecule has 20 heavy (non-hydrogen) atoms. The zero-order valence-corrected chi connectivity index (χ0v) is 11.0. The molecule has 0 saturated heterocycles. The number of benzene rings is 2. The second-order valence-electron chi connectivity index (χ2n) is 4.50. The number of para-hydroxylation sites is 1. The van der Waals surface area contributed by atoms with Crippen LogP contribution < -0.4 is 0 Å². The molecule has 4 nitrogen and oxygen atoms in total. The zero-order chi connectivity index (χ0) is 13.9. The van der Waals surface area contributed by atoms with Gasteiger partial charge in [-0.25, -0.2) is 4.68 Å². The average molecular weight is 263 g/mol. The first-order valence-corrected chi connectivity index (χ1v) is 6.34. The van der Waals surface area contributed by atoms with Crippen LogP contribution in [-0.2, 0) is 4.79 Å². The van der Waals surface area contributed by atoms with Crippen molar-refractivity contribution in [1.29, 1.82) is 0 Å². The highest BCUT2D eigenvalue weighted by Crippen LogP contribution is 2.21. The van der Waals surface area contributed by atoms with Crippen LogP contribution in [0.3, 0.4) is 0 Å². The van der Waals surface area contributed by atoms with E-state index >= 15 is 0 Å². The van der Waals surface area contributed by atoms with Gasteiger partial charge in [-0.1, -0.05) is 47.7 Å². The number of hydrogen-bond donors (Lipinski definition) is 0. The molecule has 4 heteroatoms. The highest BCUT2D eigenvalue weighted by Gasteiger charge is 2.11. The molecule has 2 aromatic carbocycles. The van der Waals surface area contributed by atoms with Crippen molar-refractivity contribution in [2.45, 2.75) is 6.92 Å². The van der Waals surface area contributed by atoms with E-state index in [1.165, 1.54) is 6.92 Å². The van der Waals surface area contributed by atoms with Crippen molar-refractivity contribution in [3.05, 3.63) is 66.2 Å². The number of rotatable bonds is 3. The molecule has 3 rings (SSSR count). The molecule has 0 saturated carbocycles. The fourth-order valence-electron chi connectivity index (χ4n) is 2.12. The topological polar surface area (TPSA) is 47.8 Å². The first kappa shape index (κ1) is 12.3. The van der Waals surface area contributed by atoms with Crippen LogP contribution in [0.25, 0.3) is 16.7 Å². The standard InChI is InChI=1S/C16H13N3O/c1-12(20)11-16(13-7-3-2-4-8-13)19-15-10-6-5-9-14(15)17-18-19/h2-11H,1H3/b16-11-. The monoisotopic (exact) mass is 263 g/mol. The molecule has 1 aromatic heterocycles. The quantitative estimate of drug-likeness (QED) is 0.683. The van der Waals surface area contributed by atoms with Crippen LogP contribution in [0.4, 0.5) is 0 Å². The molecular weight excluding hydrogens is 250 g/mol. The number of fused-ring (bicyclic) bond motifs is 1. The SMILES string of the molecule is CC(=O)/C=C(/c1ccccc1)n1nnc2ccccc21. The number of carbonyl (C=O) groups is 1. The van der Waals surface area contributed by atoms with Crippen LogP contribution >= 0.6 is 0 Å². The fraction of sp³-hybridized carbons (Fsp3) is 0.0625. The predicted octanol–water partition coefficient (Wildman–Crippen LogP) is 2.91. The normalized spacial score (nSPS) is 11.8. The van der Waals surface area contributed by atoms with Crippen LogP contribution in [0, 0.1) is 0 Å². The highest BCUT2D eigenvalue weighted by atomic mass is 16.1. The van der Waals surface area contributed by atoms with Gasteiger partial charge < -0.3 is 0 Å². The maximum absolute atomic E-state index is 11.5. The zero-order valence-electron chi connectivity index (χ0n) is 11.0. The average Bonchev–Trinajstić information content (AvgIpc) is 2.89. The molecule has 0 atom stereocenters. The Bertz CT molecular complexity index is 788. The number of nitrogens with zero attached hydrogens (tertiary/aromatic N) is 3. The largest absolute Gasteiger partial charge is 0.295 e. The molecule has 0 aliphatic carbocycles. The van der Waals surface area contributed by atoms with Crippen molar-refractivity contribution in [3.63, 3.8) is 0 Å². The maximum Gasteiger partial charge on any atom is 0.154 e. The first-order valence-electron chi connectivity index (χ1n) is 6.34. The van der Waals surface area contributed by atoms with E-state index in [1.54, 1.807) is 10.8 Å². The van der Waals surface area contributed by atoms with Crippen LogP contribution in [0.2, 0.25) is 0 Å². The van der Waals surface area contributed by atoms with Gasteiger partial charge in [0.1, 0.15) is 5.52 Å². The molecule has 0 fully saturated rings. The summed E-state index contributed by atoms with van der Waals surface area (Å²) in [4.78, 5) is 11.5. The van der Waals surface area contributed by atoms with Crippen LogP contribution in [0.1, 0.15) is 12.5 Å². The Balaban J connectivity index is 2.23. The van der Waals surface area contributed by atoms with Crippen molar-refractivity contribution in [1.82, 2.24) is 15.0 Å². The molecule has 0 radical (unpaired) electrons. The van der Waals surface area contributed by atoms with Crippen molar-refractivity contribution >= 4 is 22.5 Å². The molecule has 0 unspecified atom stereocenters. The van der Waals surface area contributed by atoms with E-state index in [0.717, 1.165) is 22.3 Å². The molecular formula is C16H13N3O. The van der Waals surface area contributed by atoms with E-state index in [2.05, 4.69) is 10.3 Å². The third-order valence-electron chi connectivity index (χ3n) is 2.99. The summed E-state index contributed by atoms with van der Waals surface area (Å²) in [5.41, 5.74) is 3.34. The summed E-state index contributed by atoms with van der Waals surface area (Å²) >= 11 is 0. The second-order valence-corrected chi connectivity index (χ2v) is 4.50. The van der Waals surface area contributed by atoms with Crippen LogP contribution in [0.15, 0.2) is 60.7 Å². The summed E-state index contributed by atoms with van der Waals surface area (Å²) in [7, 11) is 0. The Morgan fingerprint density at radius 2 is 1.75 bits per heavy atom. The van der Waals surface area contributed by atoms with E-state index in [1.807, 2.05) is 54.6 Å². The van der Waals surface area contributed by atoms with E-state index in [-0.39, 0.29) is 5.78 Å². The van der Waals surface area contributed by atoms with Gasteiger partial charge in [0, 0.05) is 11.6 Å². The Kier molecular flexibility index (Phi) is 3.13. The lowest BCUT2D eigenvalue weighted by Crippen LogP contribution is -2.03. The van der Waals surface area contributed by atoms with Gasteiger partial charge >= 0.3 is 0 Å². The lowest BCUT2D eigenvalue weighted by Gasteiger charge is -2.08. The van der Waals surface area contributed by atoms with E-state index in [9.17, 15) is 4.79 Å². The number of ketones is 1. The smallest absolute Gasteiger partial charge is 0.154 e. The molecule has 0 bridgehead atoms. The fourth-order valence-corrected chi connectivity index (χ4v) is 2.12. The molecule has 0 aliphatic rings. The maximum atomic E-state index is 11.5. The molecule has 0 aliphatic heterocycles. The Hall–Kier alpha value is -2.75. The van der Waals surface area contributed by atoms with Crippen molar-refractivity contribution in [2.75, 3.05) is 0 Å². The van der Waals surface area contributed by atoms with Crippen molar-refractivity contribution in [3.8, 4) is 0 Å². The van der Waals surface area contributed by atoms with Crippen molar-refractivity contribution in [2.24, 2.45) is 0 Å². The van der Waals surface area contributed by atoms with Gasteiger partial charge in [-0.2, -0.15) is 0 Å². The lowest BCUT2D eigenvalue weighted by atomic mass is 10.1. The molecule has 0 amide bonds. The number of aromatic nitrogens is 3. The molecule has 1 heterocycles. The van der Waals surface area contributed by atoms with Gasteiger partial charge in [0.05, 0.1) is 11.2 Å². The Labute approximate surface area is 116 Å². The Morgan fingerprint density at radius 1 is 1.05 bits per heavy atom. The minimum atomic E-state index is -0.0246. The number of hydrogen-bond acceptors (Lipinski definition) is 3. The summed E-state index contributed by atoms with van der Waals surface area (Å²) in [6.45, 7) is 1.53. The third-order valence-corrected chi connectivity index (χ3v) is 2.99. The summed E-state index contributed by atoms with van der Waals surface area (Å²) in [5, 5.41) is 8.30. The summed E-state index contributed by atoms with van der Waals surface area (Å²) < 4.78 is 1.70. The predicted molar refractivity (Wildman–Crippen MR) is 78.0 cm³/mol. The summed E-state index contributed by atoms with van der Waals surface area (Å²) in [6, 6.07) is 17.4. The van der Waals surface area contributed by atoms with E-state index in [0.29, 0.717) is 0 Å². The second kappa shape index (κ2) is 5.09. The lowest BCUT2D eigenvalue weighted by molar-refractivity contribution is -0.112. The Morgan fingerprint density at radius 3 is 2.50 bits per heavy atom. The molecule has 0 N–H and O–H groups in total. The molecule has 98 valence electrons. The minimum Gasteiger partial charge on any atom is -0.295 e. The molecule has 3 aromatic rings. The van der Waals surface area contributed by atoms with Gasteiger partial charge in [0.2, 0.25) is 0 Å². The summed E-state index contributed by atoms with van der Waals surface area (Å²) in [5.74, 6) is -0.0246. The number of carbonyl (C=O) groups excluding carboxylic acids is 1. The van der Waals surface area contributed by atoms with E-state index < -0.39 is 0 Å². The van der Waals surface area contributed by atoms with E-state index in [4.69, 9.17) is 0 Å². The van der Waals surface area contributed by atoms with Gasteiger partial charge in [-0.05, 0) is 19.1 Å². The van der Waals surface area contributed by atoms with Gasteiger partial charge in [0.25, 0.3) is 0 Å². The first-order chi connectivity index (χ1) is 9.75. The van der Waals surface area contributed by atoms with Crippen LogP contribution in [-0.4, -0.2) is 20.8 Å². The van der Waals surface area contributed by atoms with Gasteiger partial charge in [0.15, 0.2) is 5.78 Å². The third kappa shape index (κ3) is 2.23. The number of allylic oxidation sites excluding steroid dienone is 1. The van der Waals surface area contributed by atoms with Crippen molar-refractivity contribution < 1.29 is 4.79 Å². The minimum absolute atomic E-state index is 0.0246. The van der Waals surface area contributed by atoms with Crippen LogP contribution in [0.5, 0.6) is 0 Å². The summed E-state index contributed by atoms with van der Waals surface area (Å²) in [6.07, 6.45) is 1.58. The van der Waals surface area contributed by atoms with Gasteiger partial charge in [-0.15, -0.1) is 5.10 Å². The van der Waals surface area contributed by atoms with Gasteiger partial charge in [-0.3, -0.25) is 4.79 Å².